The number of fused-ring (bicyclic) bond motifs is 8. The number of anilines is 3. The molecule has 1 unspecified atom stereocenters. The van der Waals surface area contributed by atoms with Gasteiger partial charge in [0.05, 0.1) is 15.8 Å². The van der Waals surface area contributed by atoms with Crippen molar-refractivity contribution in [2.45, 2.75) is 5.41 Å². The zero-order valence-electron chi connectivity index (χ0n) is 30.1. The van der Waals surface area contributed by atoms with Gasteiger partial charge in [0.1, 0.15) is 0 Å². The number of para-hydroxylation sites is 1. The van der Waals surface area contributed by atoms with E-state index in [2.05, 4.69) is 217 Å². The lowest BCUT2D eigenvalue weighted by atomic mass is 9.67. The molecule has 258 valence electrons. The van der Waals surface area contributed by atoms with Gasteiger partial charge in [-0.1, -0.05) is 170 Å². The van der Waals surface area contributed by atoms with E-state index in [1.54, 1.807) is 0 Å². The molecule has 1 aromatic heterocycles. The predicted molar refractivity (Wildman–Crippen MR) is 234 cm³/mol. The van der Waals surface area contributed by atoms with Gasteiger partial charge in [-0.25, -0.2) is 0 Å². The van der Waals surface area contributed by atoms with E-state index in [1.165, 1.54) is 81.1 Å². The number of hydrogen-bond acceptors (Lipinski definition) is 2. The molecule has 0 amide bonds. The van der Waals surface area contributed by atoms with Gasteiger partial charge in [-0.05, 0) is 97.7 Å². The van der Waals surface area contributed by atoms with Crippen LogP contribution in [0.25, 0.3) is 53.2 Å². The minimum atomic E-state index is -0.481. The van der Waals surface area contributed by atoms with Crippen LogP contribution in [-0.4, -0.2) is 0 Å². The summed E-state index contributed by atoms with van der Waals surface area (Å²) in [5.74, 6) is 0. The molecular formula is C53H35NS. The van der Waals surface area contributed by atoms with Gasteiger partial charge in [0.25, 0.3) is 0 Å². The Hall–Kier alpha value is -6.74. The Kier molecular flexibility index (Phi) is 7.33. The summed E-state index contributed by atoms with van der Waals surface area (Å²) in [7, 11) is 0. The average molecular weight is 718 g/mol. The molecule has 9 aromatic carbocycles. The zero-order valence-corrected chi connectivity index (χ0v) is 30.9. The van der Waals surface area contributed by atoms with Crippen molar-refractivity contribution in [1.82, 2.24) is 0 Å². The Labute approximate surface area is 325 Å². The molecule has 55 heavy (non-hydrogen) atoms. The average Bonchev–Trinajstić information content (AvgIpc) is 3.79. The van der Waals surface area contributed by atoms with Gasteiger partial charge < -0.3 is 4.90 Å². The topological polar surface area (TPSA) is 3.24 Å². The van der Waals surface area contributed by atoms with E-state index in [-0.39, 0.29) is 0 Å². The van der Waals surface area contributed by atoms with Gasteiger partial charge in [0.2, 0.25) is 0 Å². The maximum atomic E-state index is 2.49. The van der Waals surface area contributed by atoms with E-state index in [0.29, 0.717) is 0 Å². The first kappa shape index (κ1) is 31.8. The van der Waals surface area contributed by atoms with Gasteiger partial charge in [-0.2, -0.15) is 0 Å². The molecule has 0 saturated heterocycles. The highest BCUT2D eigenvalue weighted by molar-refractivity contribution is 7.26. The largest absolute Gasteiger partial charge is 0.309 e. The molecule has 1 nitrogen and oxygen atoms in total. The fraction of sp³-hybridized carbons (Fsp3) is 0.0189. The number of rotatable bonds is 6. The van der Waals surface area contributed by atoms with Crippen LogP contribution in [0.2, 0.25) is 0 Å². The minimum absolute atomic E-state index is 0.481. The molecule has 0 bridgehead atoms. The molecule has 1 heterocycles. The standard InChI is InChI=1S/C53H35NS/c1-4-16-36(17-5-1)38-19-14-24-42(34-38)54(41-22-8-3-9-23-41)49-29-15-27-44-46-35-40(31-33-50(46)55-52(44)49)53(39-20-6-2-7-21-39)47-28-13-12-26-45(47)51-43-25-11-10-18-37(43)30-32-48(51)53/h1-35H. The van der Waals surface area contributed by atoms with E-state index in [1.807, 2.05) is 11.3 Å². The molecule has 0 N–H and O–H groups in total. The van der Waals surface area contributed by atoms with Crippen molar-refractivity contribution >= 4 is 59.3 Å². The first-order valence-corrected chi connectivity index (χ1v) is 19.7. The van der Waals surface area contributed by atoms with E-state index < -0.39 is 5.41 Å². The maximum Gasteiger partial charge on any atom is 0.0714 e. The molecule has 10 aromatic rings. The molecule has 11 rings (SSSR count). The molecule has 2 heteroatoms. The van der Waals surface area contributed by atoms with Gasteiger partial charge in [-0.3, -0.25) is 0 Å². The van der Waals surface area contributed by atoms with Crippen LogP contribution in [0.15, 0.2) is 212 Å². The lowest BCUT2D eigenvalue weighted by Gasteiger charge is -2.34. The Morgan fingerprint density at radius 2 is 1.07 bits per heavy atom. The van der Waals surface area contributed by atoms with Crippen molar-refractivity contribution in [3.05, 3.63) is 235 Å². The van der Waals surface area contributed by atoms with Crippen molar-refractivity contribution < 1.29 is 0 Å². The third kappa shape index (κ3) is 4.85. The van der Waals surface area contributed by atoms with Crippen LogP contribution >= 0.6 is 11.3 Å². The zero-order chi connectivity index (χ0) is 36.3. The van der Waals surface area contributed by atoms with Crippen molar-refractivity contribution in [2.24, 2.45) is 0 Å². The van der Waals surface area contributed by atoms with Crippen LogP contribution in [0.3, 0.4) is 0 Å². The van der Waals surface area contributed by atoms with Crippen LogP contribution in [0.5, 0.6) is 0 Å². The summed E-state index contributed by atoms with van der Waals surface area (Å²) in [5.41, 5.74) is 13.3. The van der Waals surface area contributed by atoms with Crippen molar-refractivity contribution in [1.29, 1.82) is 0 Å². The number of nitrogens with zero attached hydrogens (tertiary/aromatic N) is 1. The normalized spacial score (nSPS) is 14.6. The molecule has 0 saturated carbocycles. The summed E-state index contributed by atoms with van der Waals surface area (Å²) >= 11 is 1.88. The SMILES string of the molecule is c1ccc(-c2cccc(N(c3ccccc3)c3cccc4c3sc3ccc(C5(c6ccccc6)c6ccccc6-c6c5ccc5ccccc65)cc34)c2)cc1. The summed E-state index contributed by atoms with van der Waals surface area (Å²) in [6.07, 6.45) is 0. The summed E-state index contributed by atoms with van der Waals surface area (Å²) < 4.78 is 2.56. The van der Waals surface area contributed by atoms with E-state index in [9.17, 15) is 0 Å². The van der Waals surface area contributed by atoms with Crippen molar-refractivity contribution in [3.63, 3.8) is 0 Å². The van der Waals surface area contributed by atoms with E-state index in [4.69, 9.17) is 0 Å². The highest BCUT2D eigenvalue weighted by atomic mass is 32.1. The second-order valence-corrected chi connectivity index (χ2v) is 15.5. The second-order valence-electron chi connectivity index (χ2n) is 14.4. The summed E-state index contributed by atoms with van der Waals surface area (Å²) in [6, 6.07) is 78.2. The van der Waals surface area contributed by atoms with E-state index in [0.717, 1.165) is 11.4 Å². The van der Waals surface area contributed by atoms with Gasteiger partial charge in [0.15, 0.2) is 0 Å². The smallest absolute Gasteiger partial charge is 0.0714 e. The van der Waals surface area contributed by atoms with E-state index >= 15 is 0 Å². The van der Waals surface area contributed by atoms with Crippen LogP contribution in [-0.2, 0) is 5.41 Å². The molecule has 0 spiro atoms. The van der Waals surface area contributed by atoms with Crippen LogP contribution in [0.1, 0.15) is 22.3 Å². The van der Waals surface area contributed by atoms with Crippen LogP contribution in [0.4, 0.5) is 17.1 Å². The van der Waals surface area contributed by atoms with Crippen LogP contribution < -0.4 is 4.90 Å². The Morgan fingerprint density at radius 1 is 0.400 bits per heavy atom. The van der Waals surface area contributed by atoms with Gasteiger partial charge >= 0.3 is 0 Å². The summed E-state index contributed by atoms with van der Waals surface area (Å²) in [4.78, 5) is 2.42. The quantitative estimate of drug-likeness (QED) is 0.166. The minimum Gasteiger partial charge on any atom is -0.309 e. The highest BCUT2D eigenvalue weighted by Crippen LogP contribution is 2.58. The first-order valence-electron chi connectivity index (χ1n) is 18.9. The number of thiophene rings is 1. The van der Waals surface area contributed by atoms with Gasteiger partial charge in [-0.15, -0.1) is 11.3 Å². The predicted octanol–water partition coefficient (Wildman–Crippen LogP) is 14.7. The fourth-order valence-corrected chi connectivity index (χ4v) is 10.4. The van der Waals surface area contributed by atoms with Crippen LogP contribution in [0, 0.1) is 0 Å². The molecule has 1 aliphatic rings. The molecular weight excluding hydrogens is 683 g/mol. The maximum absolute atomic E-state index is 2.49. The first-order chi connectivity index (χ1) is 27.3. The van der Waals surface area contributed by atoms with Gasteiger partial charge in [0, 0.05) is 26.8 Å². The molecule has 1 aliphatic carbocycles. The lowest BCUT2D eigenvalue weighted by molar-refractivity contribution is 0.770. The molecule has 0 radical (unpaired) electrons. The monoisotopic (exact) mass is 717 g/mol. The van der Waals surface area contributed by atoms with Crippen molar-refractivity contribution in [3.8, 4) is 22.3 Å². The van der Waals surface area contributed by atoms with Crippen molar-refractivity contribution in [2.75, 3.05) is 4.90 Å². The number of benzene rings is 9. The third-order valence-corrected chi connectivity index (χ3v) is 12.7. The Bertz CT molecular complexity index is 3040. The third-order valence-electron chi connectivity index (χ3n) is 11.5. The Balaban J connectivity index is 1.16. The summed E-state index contributed by atoms with van der Waals surface area (Å²) in [6.45, 7) is 0. The second kappa shape index (κ2) is 12.7. The Morgan fingerprint density at radius 3 is 1.93 bits per heavy atom. The molecule has 1 atom stereocenters. The molecule has 0 aliphatic heterocycles. The summed E-state index contributed by atoms with van der Waals surface area (Å²) in [5, 5.41) is 5.12. The number of hydrogen-bond donors (Lipinski definition) is 0. The lowest BCUT2D eigenvalue weighted by Crippen LogP contribution is -2.28. The highest BCUT2D eigenvalue weighted by Gasteiger charge is 2.46. The molecule has 0 fully saturated rings. The fourth-order valence-electron chi connectivity index (χ4n) is 9.18.